The van der Waals surface area contributed by atoms with Crippen LogP contribution in [0.25, 0.3) is 0 Å². The molecule has 2 aromatic carbocycles. The van der Waals surface area contributed by atoms with E-state index >= 15 is 0 Å². The van der Waals surface area contributed by atoms with E-state index in [1.165, 1.54) is 0 Å². The van der Waals surface area contributed by atoms with Crippen LogP contribution in [0.1, 0.15) is 24.0 Å². The van der Waals surface area contributed by atoms with Gasteiger partial charge < -0.3 is 10.5 Å². The molecule has 134 valence electrons. The average molecular weight is 359 g/mol. The fraction of sp³-hybridized carbons (Fsp3) is 0.400. The molecule has 2 aromatic rings. The highest BCUT2D eigenvalue weighted by molar-refractivity contribution is 7.92. The Labute approximate surface area is 149 Å². The molecule has 25 heavy (non-hydrogen) atoms. The minimum Gasteiger partial charge on any atom is -0.381 e. The Morgan fingerprint density at radius 2 is 1.72 bits per heavy atom. The predicted octanol–water partition coefficient (Wildman–Crippen LogP) is 2.92. The summed E-state index contributed by atoms with van der Waals surface area (Å²) in [6, 6.07) is 16.7. The van der Waals surface area contributed by atoms with Gasteiger partial charge in [-0.05, 0) is 31.5 Å². The molecule has 1 fully saturated rings. The van der Waals surface area contributed by atoms with Gasteiger partial charge in [-0.3, -0.25) is 0 Å². The van der Waals surface area contributed by atoms with E-state index in [1.54, 1.807) is 24.3 Å². The fourth-order valence-corrected chi connectivity index (χ4v) is 6.21. The summed E-state index contributed by atoms with van der Waals surface area (Å²) in [5, 5.41) is -0.554. The molecule has 0 aliphatic heterocycles. The van der Waals surface area contributed by atoms with Crippen LogP contribution in [0, 0.1) is 12.3 Å². The molecular weight excluding hydrogens is 334 g/mol. The van der Waals surface area contributed by atoms with Gasteiger partial charge in [0.2, 0.25) is 0 Å². The molecule has 0 heterocycles. The van der Waals surface area contributed by atoms with Crippen molar-refractivity contribution in [2.75, 3.05) is 19.8 Å². The van der Waals surface area contributed by atoms with Crippen molar-refractivity contribution in [3.05, 3.63) is 65.7 Å². The molecule has 5 heteroatoms. The number of hydrogen-bond donors (Lipinski definition) is 1. The first-order chi connectivity index (χ1) is 12.0. The van der Waals surface area contributed by atoms with Crippen molar-refractivity contribution >= 4 is 9.84 Å². The molecular formula is C20H25NO3S. The maximum atomic E-state index is 13.3. The molecule has 3 unspecified atom stereocenters. The van der Waals surface area contributed by atoms with Crippen LogP contribution < -0.4 is 5.73 Å². The van der Waals surface area contributed by atoms with Crippen molar-refractivity contribution in [3.63, 3.8) is 0 Å². The maximum absolute atomic E-state index is 13.3. The van der Waals surface area contributed by atoms with E-state index in [1.807, 2.05) is 44.2 Å². The van der Waals surface area contributed by atoms with Crippen LogP contribution in [0.15, 0.2) is 59.5 Å². The average Bonchev–Trinajstić information content (AvgIpc) is 3.31. The summed E-state index contributed by atoms with van der Waals surface area (Å²) < 4.78 is 32.2. The highest BCUT2D eigenvalue weighted by atomic mass is 32.2. The molecule has 3 atom stereocenters. The standard InChI is InChI=1S/C20H25NO3S/c1-3-24-14-20(13-21)18(16-11-9-15(2)10-12-16)19(20)25(22,23)17-7-5-4-6-8-17/h4-12,18-19H,3,13-14,21H2,1-2H3. The summed E-state index contributed by atoms with van der Waals surface area (Å²) in [6.07, 6.45) is 0. The minimum absolute atomic E-state index is 0.144. The lowest BCUT2D eigenvalue weighted by Crippen LogP contribution is -2.29. The lowest BCUT2D eigenvalue weighted by Gasteiger charge is -2.16. The van der Waals surface area contributed by atoms with E-state index in [-0.39, 0.29) is 12.5 Å². The van der Waals surface area contributed by atoms with Crippen molar-refractivity contribution < 1.29 is 13.2 Å². The normalized spacial score (nSPS) is 25.7. The van der Waals surface area contributed by atoms with Crippen LogP contribution in [-0.2, 0) is 14.6 Å². The van der Waals surface area contributed by atoms with E-state index in [4.69, 9.17) is 10.5 Å². The number of hydrogen-bond acceptors (Lipinski definition) is 4. The van der Waals surface area contributed by atoms with E-state index < -0.39 is 20.5 Å². The minimum atomic E-state index is -3.48. The summed E-state index contributed by atoms with van der Waals surface area (Å²) in [4.78, 5) is 0.351. The molecule has 0 spiro atoms. The van der Waals surface area contributed by atoms with Crippen molar-refractivity contribution in [1.82, 2.24) is 0 Å². The molecule has 2 N–H and O–H groups in total. The molecule has 1 aliphatic carbocycles. The maximum Gasteiger partial charge on any atom is 0.182 e. The number of benzene rings is 2. The number of rotatable bonds is 7. The second-order valence-electron chi connectivity index (χ2n) is 6.74. The quantitative estimate of drug-likeness (QED) is 0.825. The number of sulfone groups is 1. The third-order valence-electron chi connectivity index (χ3n) is 5.18. The lowest BCUT2D eigenvalue weighted by molar-refractivity contribution is 0.101. The highest BCUT2D eigenvalue weighted by Crippen LogP contribution is 2.63. The van der Waals surface area contributed by atoms with Crippen LogP contribution in [0.3, 0.4) is 0 Å². The Kier molecular flexibility index (Phi) is 5.00. The highest BCUT2D eigenvalue weighted by Gasteiger charge is 2.70. The summed E-state index contributed by atoms with van der Waals surface area (Å²) in [5.74, 6) is -0.144. The predicted molar refractivity (Wildman–Crippen MR) is 99.3 cm³/mol. The monoisotopic (exact) mass is 359 g/mol. The number of nitrogens with two attached hydrogens (primary N) is 1. The van der Waals surface area contributed by atoms with E-state index in [0.717, 1.165) is 11.1 Å². The van der Waals surface area contributed by atoms with Crippen molar-refractivity contribution in [1.29, 1.82) is 0 Å². The van der Waals surface area contributed by atoms with Crippen molar-refractivity contribution in [2.45, 2.75) is 29.9 Å². The van der Waals surface area contributed by atoms with Crippen LogP contribution in [0.2, 0.25) is 0 Å². The van der Waals surface area contributed by atoms with Crippen LogP contribution in [0.5, 0.6) is 0 Å². The molecule has 4 nitrogen and oxygen atoms in total. The van der Waals surface area contributed by atoms with Crippen molar-refractivity contribution in [2.24, 2.45) is 11.1 Å². The SMILES string of the molecule is CCOCC1(CN)C(c2ccc(C)cc2)C1S(=O)(=O)c1ccccc1. The first-order valence-electron chi connectivity index (χ1n) is 8.60. The number of ether oxygens (including phenoxy) is 1. The van der Waals surface area contributed by atoms with Crippen LogP contribution in [-0.4, -0.2) is 33.4 Å². The summed E-state index contributed by atoms with van der Waals surface area (Å²) in [7, 11) is -3.48. The molecule has 0 aromatic heterocycles. The molecule has 0 saturated heterocycles. The van der Waals surface area contributed by atoms with Gasteiger partial charge in [0, 0.05) is 24.5 Å². The van der Waals surface area contributed by atoms with Gasteiger partial charge in [-0.1, -0.05) is 48.0 Å². The van der Waals surface area contributed by atoms with Gasteiger partial charge in [-0.25, -0.2) is 8.42 Å². The zero-order valence-corrected chi connectivity index (χ0v) is 15.5. The second kappa shape index (κ2) is 6.90. The lowest BCUT2D eigenvalue weighted by atomic mass is 9.99. The topological polar surface area (TPSA) is 69.4 Å². The zero-order valence-electron chi connectivity index (χ0n) is 14.7. The Hall–Kier alpha value is -1.69. The van der Waals surface area contributed by atoms with Gasteiger partial charge >= 0.3 is 0 Å². The molecule has 0 bridgehead atoms. The first-order valence-corrected chi connectivity index (χ1v) is 10.2. The molecule has 3 rings (SSSR count). The van der Waals surface area contributed by atoms with Gasteiger partial charge in [0.25, 0.3) is 0 Å². The van der Waals surface area contributed by atoms with Gasteiger partial charge in [-0.15, -0.1) is 0 Å². The van der Waals surface area contributed by atoms with Crippen LogP contribution in [0.4, 0.5) is 0 Å². The van der Waals surface area contributed by atoms with E-state index in [0.29, 0.717) is 18.1 Å². The Bertz CT molecular complexity index is 818. The first kappa shape index (κ1) is 18.1. The molecule has 0 amide bonds. The van der Waals surface area contributed by atoms with Gasteiger partial charge in [-0.2, -0.15) is 0 Å². The van der Waals surface area contributed by atoms with Crippen LogP contribution >= 0.6 is 0 Å². The summed E-state index contributed by atoms with van der Waals surface area (Å²) >= 11 is 0. The van der Waals surface area contributed by atoms with Gasteiger partial charge in [0.05, 0.1) is 16.8 Å². The zero-order chi connectivity index (χ0) is 18.1. The Morgan fingerprint density at radius 1 is 1.08 bits per heavy atom. The summed E-state index contributed by atoms with van der Waals surface area (Å²) in [6.45, 7) is 5.11. The third kappa shape index (κ3) is 3.12. The Balaban J connectivity index is 2.04. The largest absolute Gasteiger partial charge is 0.381 e. The molecule has 0 radical (unpaired) electrons. The van der Waals surface area contributed by atoms with E-state index in [9.17, 15) is 8.42 Å². The smallest absolute Gasteiger partial charge is 0.182 e. The van der Waals surface area contributed by atoms with E-state index in [2.05, 4.69) is 0 Å². The summed E-state index contributed by atoms with van der Waals surface area (Å²) in [5.41, 5.74) is 7.68. The second-order valence-corrected chi connectivity index (χ2v) is 8.81. The van der Waals surface area contributed by atoms with Gasteiger partial charge in [0.15, 0.2) is 9.84 Å². The molecule has 1 aliphatic rings. The third-order valence-corrected chi connectivity index (χ3v) is 7.52. The molecule has 1 saturated carbocycles. The van der Waals surface area contributed by atoms with Gasteiger partial charge in [0.1, 0.15) is 0 Å². The number of aryl methyl sites for hydroxylation is 1. The fourth-order valence-electron chi connectivity index (χ4n) is 3.74. The van der Waals surface area contributed by atoms with Crippen molar-refractivity contribution in [3.8, 4) is 0 Å². The Morgan fingerprint density at radius 3 is 2.28 bits per heavy atom.